The topological polar surface area (TPSA) is 21.8 Å². The maximum absolute atomic E-state index is 6.08. The molecule has 1 fully saturated rings. The lowest BCUT2D eigenvalue weighted by atomic mass is 10.0. The Balaban J connectivity index is 1.79. The van der Waals surface area contributed by atoms with Crippen molar-refractivity contribution in [1.82, 2.24) is 0 Å². The van der Waals surface area contributed by atoms with Crippen molar-refractivity contribution in [2.24, 2.45) is 0 Å². The van der Waals surface area contributed by atoms with Gasteiger partial charge in [0.25, 0.3) is 0 Å². The molecule has 2 nitrogen and oxygen atoms in total. The molecule has 1 atom stereocenters. The Hall–Kier alpha value is -1.80. The van der Waals surface area contributed by atoms with Gasteiger partial charge in [0, 0.05) is 6.42 Å². The second kappa shape index (κ2) is 5.68. The van der Waals surface area contributed by atoms with E-state index in [1.807, 2.05) is 18.2 Å². The monoisotopic (exact) mass is 268 g/mol. The van der Waals surface area contributed by atoms with Gasteiger partial charge in [0.1, 0.15) is 12.4 Å². The Kier molecular flexibility index (Phi) is 3.75. The predicted octanol–water partition coefficient (Wildman–Crippen LogP) is 3.82. The minimum Gasteiger partial charge on any atom is -0.488 e. The smallest absolute Gasteiger partial charge is 0.126 e. The Morgan fingerprint density at radius 1 is 1.15 bits per heavy atom. The van der Waals surface area contributed by atoms with Crippen LogP contribution in [0.1, 0.15) is 22.3 Å². The molecule has 3 rings (SSSR count). The van der Waals surface area contributed by atoms with Gasteiger partial charge in [0.2, 0.25) is 0 Å². The van der Waals surface area contributed by atoms with Crippen molar-refractivity contribution in [1.29, 1.82) is 0 Å². The summed E-state index contributed by atoms with van der Waals surface area (Å²) >= 11 is 0. The molecule has 0 spiro atoms. The summed E-state index contributed by atoms with van der Waals surface area (Å²) in [6.45, 7) is 5.74. The van der Waals surface area contributed by atoms with Crippen LogP contribution in [-0.2, 0) is 17.8 Å². The summed E-state index contributed by atoms with van der Waals surface area (Å²) in [6, 6.07) is 14.7. The minimum absolute atomic E-state index is 0.385. The molecule has 0 bridgehead atoms. The molecule has 2 heteroatoms. The lowest BCUT2D eigenvalue weighted by Gasteiger charge is -2.15. The summed E-state index contributed by atoms with van der Waals surface area (Å²) in [4.78, 5) is 0. The number of benzene rings is 2. The molecule has 0 N–H and O–H groups in total. The summed E-state index contributed by atoms with van der Waals surface area (Å²) in [5.74, 6) is 1.02. The van der Waals surface area contributed by atoms with Gasteiger partial charge in [-0.25, -0.2) is 0 Å². The zero-order valence-corrected chi connectivity index (χ0v) is 12.1. The van der Waals surface area contributed by atoms with Crippen LogP contribution in [0.3, 0.4) is 0 Å². The van der Waals surface area contributed by atoms with E-state index in [9.17, 15) is 0 Å². The molecule has 0 radical (unpaired) electrons. The first kappa shape index (κ1) is 13.2. The Morgan fingerprint density at radius 2 is 1.90 bits per heavy atom. The number of hydrogen-bond acceptors (Lipinski definition) is 2. The zero-order chi connectivity index (χ0) is 13.9. The third-order valence-corrected chi connectivity index (χ3v) is 3.57. The third-order valence-electron chi connectivity index (χ3n) is 3.57. The molecule has 1 unspecified atom stereocenters. The summed E-state index contributed by atoms with van der Waals surface area (Å²) < 4.78 is 11.4. The lowest BCUT2D eigenvalue weighted by molar-refractivity contribution is 0.299. The average Bonchev–Trinajstić information content (AvgIpc) is 3.23. The first-order valence-electron chi connectivity index (χ1n) is 7.11. The Bertz CT molecular complexity index is 586. The van der Waals surface area contributed by atoms with Crippen LogP contribution in [0.4, 0.5) is 0 Å². The van der Waals surface area contributed by atoms with Crippen molar-refractivity contribution in [2.45, 2.75) is 33.0 Å². The quantitative estimate of drug-likeness (QED) is 0.769. The summed E-state index contributed by atoms with van der Waals surface area (Å²) in [7, 11) is 0. The van der Waals surface area contributed by atoms with E-state index in [2.05, 4.69) is 38.1 Å². The molecule has 2 aromatic carbocycles. The van der Waals surface area contributed by atoms with Crippen LogP contribution in [0.25, 0.3) is 0 Å². The van der Waals surface area contributed by atoms with Gasteiger partial charge in [-0.15, -0.1) is 0 Å². The lowest BCUT2D eigenvalue weighted by Crippen LogP contribution is -2.03. The highest BCUT2D eigenvalue weighted by molar-refractivity contribution is 5.44. The molecule has 1 aliphatic rings. The fraction of sp³-hybridized carbons (Fsp3) is 0.333. The number of ether oxygens (including phenoxy) is 2. The highest BCUT2D eigenvalue weighted by atomic mass is 16.6. The molecule has 0 aliphatic carbocycles. The van der Waals surface area contributed by atoms with E-state index >= 15 is 0 Å². The second-order valence-corrected chi connectivity index (χ2v) is 5.50. The first-order chi connectivity index (χ1) is 9.72. The molecule has 1 saturated heterocycles. The van der Waals surface area contributed by atoms with Crippen molar-refractivity contribution in [3.8, 4) is 5.75 Å². The Morgan fingerprint density at radius 3 is 2.60 bits per heavy atom. The highest BCUT2D eigenvalue weighted by Crippen LogP contribution is 2.30. The van der Waals surface area contributed by atoms with E-state index in [1.165, 1.54) is 22.3 Å². The van der Waals surface area contributed by atoms with Crippen molar-refractivity contribution in [3.63, 3.8) is 0 Å². The van der Waals surface area contributed by atoms with Crippen LogP contribution in [-0.4, -0.2) is 12.7 Å². The number of rotatable bonds is 5. The molecule has 0 amide bonds. The van der Waals surface area contributed by atoms with Crippen LogP contribution in [0, 0.1) is 13.8 Å². The molecule has 104 valence electrons. The minimum atomic E-state index is 0.385. The summed E-state index contributed by atoms with van der Waals surface area (Å²) in [5, 5.41) is 0. The SMILES string of the molecule is Cc1cc(C)c(OCc2ccccc2)c(CC2CO2)c1. The normalized spacial score (nSPS) is 17.0. The van der Waals surface area contributed by atoms with Gasteiger partial charge in [-0.2, -0.15) is 0 Å². The van der Waals surface area contributed by atoms with Crippen LogP contribution in [0.5, 0.6) is 5.75 Å². The number of epoxide rings is 1. The third kappa shape index (κ3) is 3.20. The van der Waals surface area contributed by atoms with E-state index < -0.39 is 0 Å². The fourth-order valence-electron chi connectivity index (χ4n) is 2.56. The van der Waals surface area contributed by atoms with Crippen molar-refractivity contribution >= 4 is 0 Å². The molecule has 2 aromatic rings. The van der Waals surface area contributed by atoms with E-state index in [4.69, 9.17) is 9.47 Å². The zero-order valence-electron chi connectivity index (χ0n) is 12.1. The molecular weight excluding hydrogens is 248 g/mol. The van der Waals surface area contributed by atoms with Gasteiger partial charge in [0.05, 0.1) is 12.7 Å². The molecule has 0 aromatic heterocycles. The summed E-state index contributed by atoms with van der Waals surface area (Å²) in [6.07, 6.45) is 1.34. The predicted molar refractivity (Wildman–Crippen MR) is 80.1 cm³/mol. The van der Waals surface area contributed by atoms with Gasteiger partial charge in [-0.3, -0.25) is 0 Å². The average molecular weight is 268 g/mol. The van der Waals surface area contributed by atoms with Crippen molar-refractivity contribution < 1.29 is 9.47 Å². The van der Waals surface area contributed by atoms with Crippen LogP contribution < -0.4 is 4.74 Å². The second-order valence-electron chi connectivity index (χ2n) is 5.50. The largest absolute Gasteiger partial charge is 0.488 e. The van der Waals surface area contributed by atoms with E-state index in [1.54, 1.807) is 0 Å². The van der Waals surface area contributed by atoms with Crippen LogP contribution in [0.2, 0.25) is 0 Å². The van der Waals surface area contributed by atoms with Gasteiger partial charge >= 0.3 is 0 Å². The molecule has 1 heterocycles. The van der Waals surface area contributed by atoms with Gasteiger partial charge in [-0.05, 0) is 30.5 Å². The molecule has 20 heavy (non-hydrogen) atoms. The van der Waals surface area contributed by atoms with Gasteiger partial charge in [0.15, 0.2) is 0 Å². The van der Waals surface area contributed by atoms with E-state index in [0.29, 0.717) is 12.7 Å². The van der Waals surface area contributed by atoms with Gasteiger partial charge < -0.3 is 9.47 Å². The molecule has 1 aliphatic heterocycles. The molecule has 0 saturated carbocycles. The number of hydrogen-bond donors (Lipinski definition) is 0. The fourth-order valence-corrected chi connectivity index (χ4v) is 2.56. The maximum Gasteiger partial charge on any atom is 0.126 e. The van der Waals surface area contributed by atoms with E-state index in [0.717, 1.165) is 18.8 Å². The van der Waals surface area contributed by atoms with Crippen molar-refractivity contribution in [2.75, 3.05) is 6.61 Å². The van der Waals surface area contributed by atoms with Gasteiger partial charge in [-0.1, -0.05) is 48.0 Å². The first-order valence-corrected chi connectivity index (χ1v) is 7.11. The number of aryl methyl sites for hydroxylation is 2. The maximum atomic E-state index is 6.08. The Labute approximate surface area is 120 Å². The van der Waals surface area contributed by atoms with E-state index in [-0.39, 0.29) is 0 Å². The standard InChI is InChI=1S/C18H20O2/c1-13-8-14(2)18(16(9-13)10-17-12-19-17)20-11-15-6-4-3-5-7-15/h3-9,17H,10-12H2,1-2H3. The van der Waals surface area contributed by atoms with Crippen LogP contribution >= 0.6 is 0 Å². The molecular formula is C18H20O2. The highest BCUT2D eigenvalue weighted by Gasteiger charge is 2.25. The van der Waals surface area contributed by atoms with Crippen LogP contribution in [0.15, 0.2) is 42.5 Å². The summed E-state index contributed by atoms with van der Waals surface area (Å²) in [5.41, 5.74) is 4.95. The van der Waals surface area contributed by atoms with Crippen molar-refractivity contribution in [3.05, 3.63) is 64.7 Å².